The SMILES string of the molecule is O=C1CCC(N2C[C@@H](c3ccc(C#CCCOC4CCN(C[C@H]5CC[C@H](n6cc(NC(=O)c7cnn8ccc(N9CCOCC9)nc78)c(C(F)F)n6)CC5)CC4)cc3)OC2=O)C(=O)N1. The van der Waals surface area contributed by atoms with Gasteiger partial charge in [-0.1, -0.05) is 24.0 Å². The monoisotopic (exact) mass is 882 g/mol. The highest BCUT2D eigenvalue weighted by molar-refractivity contribution is 6.08. The molecular weight excluding hydrogens is 831 g/mol. The largest absolute Gasteiger partial charge is 0.439 e. The number of nitrogens with one attached hydrogen (secondary N) is 2. The minimum Gasteiger partial charge on any atom is -0.439 e. The fraction of sp³-hybridized carbons (Fsp3) is 0.533. The van der Waals surface area contributed by atoms with Gasteiger partial charge in [0, 0.05) is 63.5 Å². The van der Waals surface area contributed by atoms with Crippen molar-refractivity contribution in [2.45, 2.75) is 88.5 Å². The Bertz CT molecular complexity index is 2390. The Kier molecular flexibility index (Phi) is 13.1. The van der Waals surface area contributed by atoms with Crippen molar-refractivity contribution >= 4 is 41.0 Å². The normalized spacial score (nSPS) is 23.6. The van der Waals surface area contributed by atoms with Crippen LogP contribution in [0.1, 0.15) is 104 Å². The van der Waals surface area contributed by atoms with Gasteiger partial charge >= 0.3 is 6.09 Å². The number of cyclic esters (lactones) is 1. The van der Waals surface area contributed by atoms with E-state index in [9.17, 15) is 28.0 Å². The summed E-state index contributed by atoms with van der Waals surface area (Å²) >= 11 is 0. The maximum atomic E-state index is 14.2. The standard InChI is InChI=1S/C45H52F2N10O7/c46-41(47)40-35(49-43(59)34-25-48-56-19-16-38(50-42(34)56)54-20-23-62-24-21-54)27-57(52-40)32-10-6-30(7-11-32)26-53-17-14-33(15-18-53)63-22-2-1-3-29-4-8-31(9-5-29)37-28-55(45(61)64-37)36-12-13-39(58)51-44(36)60/h4-5,8-9,16,19,25,27,30,32-33,36-37,41H,2,6-7,10-15,17-18,20-24,26,28H2,(H,49,59)(H,51,58,60)/t30-,32-,36?,37-/m0/s1. The molecule has 1 saturated carbocycles. The number of piperidine rings is 2. The number of imide groups is 1. The van der Waals surface area contributed by atoms with Crippen molar-refractivity contribution in [3.63, 3.8) is 0 Å². The number of aromatic nitrogens is 5. The number of anilines is 2. The van der Waals surface area contributed by atoms with E-state index in [0.29, 0.717) is 56.7 Å². The molecule has 4 saturated heterocycles. The lowest BCUT2D eigenvalue weighted by molar-refractivity contribution is -0.136. The molecule has 0 spiro atoms. The molecule has 0 bridgehead atoms. The number of alkyl halides is 2. The lowest BCUT2D eigenvalue weighted by atomic mass is 9.85. The molecule has 17 nitrogen and oxygen atoms in total. The summed E-state index contributed by atoms with van der Waals surface area (Å²) in [7, 11) is 0. The van der Waals surface area contributed by atoms with Crippen LogP contribution in [0.3, 0.4) is 0 Å². The number of carbonyl (C=O) groups excluding carboxylic acids is 4. The molecule has 5 aliphatic rings. The summed E-state index contributed by atoms with van der Waals surface area (Å²) in [6, 6.07) is 8.61. The maximum Gasteiger partial charge on any atom is 0.411 e. The smallest absolute Gasteiger partial charge is 0.411 e. The number of likely N-dealkylation sites (tertiary alicyclic amines) is 1. The highest BCUT2D eigenvalue weighted by Gasteiger charge is 2.42. The van der Waals surface area contributed by atoms with Crippen LogP contribution >= 0.6 is 0 Å². The van der Waals surface area contributed by atoms with Crippen molar-refractivity contribution in [2.24, 2.45) is 5.92 Å². The van der Waals surface area contributed by atoms with Crippen LogP contribution in [-0.4, -0.2) is 129 Å². The number of carbonyl (C=O) groups is 4. The predicted octanol–water partition coefficient (Wildman–Crippen LogP) is 4.90. The lowest BCUT2D eigenvalue weighted by Gasteiger charge is -2.36. The lowest BCUT2D eigenvalue weighted by Crippen LogP contribution is -2.52. The second-order valence-corrected chi connectivity index (χ2v) is 17.1. The van der Waals surface area contributed by atoms with E-state index < -0.39 is 42.2 Å². The highest BCUT2D eigenvalue weighted by atomic mass is 19.3. The number of hydrogen-bond acceptors (Lipinski definition) is 12. The van der Waals surface area contributed by atoms with Crippen LogP contribution in [0.25, 0.3) is 5.65 Å². The average molecular weight is 883 g/mol. The molecule has 1 unspecified atom stereocenters. The summed E-state index contributed by atoms with van der Waals surface area (Å²) in [5.41, 5.74) is 1.72. The highest BCUT2D eigenvalue weighted by Crippen LogP contribution is 2.36. The van der Waals surface area contributed by atoms with Crippen molar-refractivity contribution < 1.29 is 42.2 Å². The molecule has 1 aliphatic carbocycles. The quantitative estimate of drug-likeness (QED) is 0.112. The summed E-state index contributed by atoms with van der Waals surface area (Å²) < 4.78 is 48.7. The molecule has 3 aromatic heterocycles. The van der Waals surface area contributed by atoms with Crippen molar-refractivity contribution in [1.29, 1.82) is 0 Å². The van der Waals surface area contributed by atoms with Crippen LogP contribution in [0.5, 0.6) is 0 Å². The molecular formula is C45H52F2N10O7. The molecule has 1 aromatic carbocycles. The molecule has 4 aromatic rings. The Hall–Kier alpha value is -5.97. The number of hydrogen-bond donors (Lipinski definition) is 2. The number of nitrogens with zero attached hydrogens (tertiary/aromatic N) is 8. The summed E-state index contributed by atoms with van der Waals surface area (Å²) in [6.07, 6.45) is 7.48. The predicted molar refractivity (Wildman–Crippen MR) is 228 cm³/mol. The zero-order valence-electron chi connectivity index (χ0n) is 35.5. The Balaban J connectivity index is 0.685. The van der Waals surface area contributed by atoms with Gasteiger partial charge in [0.25, 0.3) is 12.3 Å². The number of amides is 4. The summed E-state index contributed by atoms with van der Waals surface area (Å²) in [6.45, 7) is 6.23. The molecule has 4 aliphatic heterocycles. The van der Waals surface area contributed by atoms with Gasteiger partial charge in [-0.3, -0.25) is 29.3 Å². The minimum absolute atomic E-state index is 0.00689. The van der Waals surface area contributed by atoms with Gasteiger partial charge in [-0.15, -0.1) is 0 Å². The first-order valence-corrected chi connectivity index (χ1v) is 22.2. The number of rotatable bonds is 12. The van der Waals surface area contributed by atoms with Crippen LogP contribution < -0.4 is 15.5 Å². The Morgan fingerprint density at radius 2 is 1.77 bits per heavy atom. The van der Waals surface area contributed by atoms with E-state index in [-0.39, 0.29) is 48.7 Å². The fourth-order valence-corrected chi connectivity index (χ4v) is 9.35. The van der Waals surface area contributed by atoms with E-state index in [1.807, 2.05) is 30.3 Å². The first kappa shape index (κ1) is 43.3. The number of benzene rings is 1. The molecule has 2 N–H and O–H groups in total. The van der Waals surface area contributed by atoms with Gasteiger partial charge in [0.1, 0.15) is 23.5 Å². The number of fused-ring (bicyclic) bond motifs is 1. The Morgan fingerprint density at radius 3 is 2.52 bits per heavy atom. The van der Waals surface area contributed by atoms with E-state index in [4.69, 9.17) is 14.2 Å². The average Bonchev–Trinajstić information content (AvgIpc) is 4.04. The van der Waals surface area contributed by atoms with Gasteiger partial charge in [0.15, 0.2) is 11.3 Å². The molecule has 338 valence electrons. The molecule has 9 rings (SSSR count). The van der Waals surface area contributed by atoms with Gasteiger partial charge < -0.3 is 29.3 Å². The first-order chi connectivity index (χ1) is 31.1. The van der Waals surface area contributed by atoms with Crippen LogP contribution in [0.15, 0.2) is 48.9 Å². The minimum atomic E-state index is -2.86. The van der Waals surface area contributed by atoms with E-state index in [0.717, 1.165) is 69.3 Å². The summed E-state index contributed by atoms with van der Waals surface area (Å²) in [5.74, 6) is 6.20. The van der Waals surface area contributed by atoms with Gasteiger partial charge in [-0.25, -0.2) is 23.1 Å². The van der Waals surface area contributed by atoms with Crippen LogP contribution in [0.2, 0.25) is 0 Å². The van der Waals surface area contributed by atoms with Crippen LogP contribution in [-0.2, 0) is 23.8 Å². The maximum absolute atomic E-state index is 14.2. The van der Waals surface area contributed by atoms with Crippen molar-refractivity contribution in [1.82, 2.24) is 39.5 Å². The van der Waals surface area contributed by atoms with Crippen LogP contribution in [0.4, 0.5) is 25.1 Å². The molecule has 5 fully saturated rings. The van der Waals surface area contributed by atoms with E-state index in [1.54, 1.807) is 10.9 Å². The number of ether oxygens (including phenoxy) is 3. The zero-order chi connectivity index (χ0) is 44.2. The first-order valence-electron chi connectivity index (χ1n) is 22.2. The molecule has 4 amide bonds. The number of halogens is 2. The second kappa shape index (κ2) is 19.4. The van der Waals surface area contributed by atoms with Gasteiger partial charge in [-0.05, 0) is 74.6 Å². The van der Waals surface area contributed by atoms with Gasteiger partial charge in [0.2, 0.25) is 11.8 Å². The van der Waals surface area contributed by atoms with Crippen molar-refractivity contribution in [3.05, 3.63) is 71.3 Å². The third-order valence-corrected chi connectivity index (χ3v) is 12.9. The third-order valence-electron chi connectivity index (χ3n) is 12.9. The molecule has 64 heavy (non-hydrogen) atoms. The fourth-order valence-electron chi connectivity index (χ4n) is 9.35. The molecule has 7 heterocycles. The van der Waals surface area contributed by atoms with E-state index in [1.165, 1.54) is 21.8 Å². The topological polar surface area (TPSA) is 178 Å². The Morgan fingerprint density at radius 1 is 0.984 bits per heavy atom. The summed E-state index contributed by atoms with van der Waals surface area (Å²) in [5, 5.41) is 13.5. The third kappa shape index (κ3) is 9.88. The Labute approximate surface area is 368 Å². The van der Waals surface area contributed by atoms with Crippen molar-refractivity contribution in [3.8, 4) is 11.8 Å². The number of morpholine rings is 1. The van der Waals surface area contributed by atoms with Crippen LogP contribution in [0, 0.1) is 17.8 Å². The van der Waals surface area contributed by atoms with E-state index >= 15 is 0 Å². The van der Waals surface area contributed by atoms with Gasteiger partial charge in [0.05, 0.1) is 50.4 Å². The van der Waals surface area contributed by atoms with E-state index in [2.05, 4.69) is 47.5 Å². The summed E-state index contributed by atoms with van der Waals surface area (Å²) in [4.78, 5) is 60.4. The van der Waals surface area contributed by atoms with Gasteiger partial charge in [-0.2, -0.15) is 10.2 Å². The molecule has 0 radical (unpaired) electrons. The molecule has 2 atom stereocenters. The molecule has 19 heteroatoms. The van der Waals surface area contributed by atoms with Crippen molar-refractivity contribution in [2.75, 3.05) is 69.3 Å². The zero-order valence-corrected chi connectivity index (χ0v) is 35.5. The second-order valence-electron chi connectivity index (χ2n) is 17.1.